The van der Waals surface area contributed by atoms with Gasteiger partial charge in [-0.3, -0.25) is 14.1 Å². The SMILES string of the molecule is CCCCC1(CCCC)CC(c2ccccc2)c2cc(SC)c(OCC(=O)N[C@@H](C(=O)CCCS(=O)(=O)O)c3ccc(Cl)cc3)cc2S(=O)(=O)N1. The van der Waals surface area contributed by atoms with Gasteiger partial charge >= 0.3 is 0 Å². The number of sulfonamides is 1. The zero-order valence-corrected chi connectivity index (χ0v) is 32.4. The molecule has 2 atom stereocenters. The van der Waals surface area contributed by atoms with Crippen LogP contribution >= 0.6 is 23.4 Å². The van der Waals surface area contributed by atoms with Gasteiger partial charge in [0.1, 0.15) is 11.8 Å². The molecule has 3 aromatic rings. The van der Waals surface area contributed by atoms with Crippen LogP contribution in [0.1, 0.15) is 100 Å². The van der Waals surface area contributed by atoms with Gasteiger partial charge < -0.3 is 10.1 Å². The molecule has 14 heteroatoms. The maximum absolute atomic E-state index is 14.3. The maximum atomic E-state index is 14.3. The van der Waals surface area contributed by atoms with Crippen LogP contribution in [-0.2, 0) is 29.7 Å². The number of hydrogen-bond acceptors (Lipinski definition) is 8. The molecule has 51 heavy (non-hydrogen) atoms. The molecule has 1 amide bonds. The molecule has 3 N–H and O–H groups in total. The molecule has 0 fully saturated rings. The predicted octanol–water partition coefficient (Wildman–Crippen LogP) is 7.47. The third-order valence-corrected chi connectivity index (χ3v) is 12.6. The van der Waals surface area contributed by atoms with Crippen LogP contribution in [0.3, 0.4) is 0 Å². The molecule has 0 bridgehead atoms. The van der Waals surface area contributed by atoms with Gasteiger partial charge in [-0.1, -0.05) is 93.6 Å². The Morgan fingerprint density at radius 2 is 1.69 bits per heavy atom. The lowest BCUT2D eigenvalue weighted by Gasteiger charge is -2.35. The molecular weight excluding hydrogens is 732 g/mol. The minimum atomic E-state index is -4.26. The number of amides is 1. The van der Waals surface area contributed by atoms with Gasteiger partial charge in [0, 0.05) is 33.9 Å². The third kappa shape index (κ3) is 11.3. The molecule has 0 radical (unpaired) electrons. The Bertz CT molecular complexity index is 1860. The van der Waals surface area contributed by atoms with Crippen molar-refractivity contribution in [1.29, 1.82) is 0 Å². The fourth-order valence-corrected chi connectivity index (χ4v) is 9.53. The minimum Gasteiger partial charge on any atom is -0.483 e. The van der Waals surface area contributed by atoms with E-state index in [4.69, 9.17) is 20.9 Å². The van der Waals surface area contributed by atoms with Crippen molar-refractivity contribution in [3.8, 4) is 5.75 Å². The first kappa shape index (κ1) is 40.8. The van der Waals surface area contributed by atoms with Crippen molar-refractivity contribution in [2.24, 2.45) is 0 Å². The Morgan fingerprint density at radius 1 is 1.04 bits per heavy atom. The van der Waals surface area contributed by atoms with Crippen LogP contribution in [0.2, 0.25) is 5.02 Å². The number of unbranched alkanes of at least 4 members (excludes halogenated alkanes) is 2. The predicted molar refractivity (Wildman–Crippen MR) is 202 cm³/mol. The molecule has 1 aliphatic rings. The van der Waals surface area contributed by atoms with Gasteiger partial charge in [0.25, 0.3) is 16.0 Å². The summed E-state index contributed by atoms with van der Waals surface area (Å²) in [5.74, 6) is -1.72. The third-order valence-electron chi connectivity index (χ3n) is 9.14. The van der Waals surface area contributed by atoms with E-state index in [0.717, 1.165) is 31.2 Å². The molecule has 1 heterocycles. The fraction of sp³-hybridized carbons (Fsp3) is 0.459. The topological polar surface area (TPSA) is 156 Å². The molecule has 0 aliphatic carbocycles. The molecule has 10 nitrogen and oxygen atoms in total. The standard InChI is InChI=1S/C37H47ClN2O8S3/c1-4-6-19-37(20-7-5-2)24-30(26-12-9-8-10-13-26)29-22-33(49-3)32(23-34(29)51(46,47)40-37)48-25-35(42)39-36(27-15-17-28(38)18-16-27)31(41)14-11-21-50(43,44)45/h8-10,12-13,15-18,22-23,30,36,40H,4-7,11,14,19-21,24-25H2,1-3H3,(H,39,42)(H,43,44,45)/t30?,36-/m1/s1. The summed E-state index contributed by atoms with van der Waals surface area (Å²) in [5, 5.41) is 3.09. The van der Waals surface area contributed by atoms with Crippen molar-refractivity contribution >= 4 is 55.2 Å². The van der Waals surface area contributed by atoms with Crippen LogP contribution in [-0.4, -0.2) is 57.2 Å². The first-order valence-corrected chi connectivity index (χ1v) is 21.9. The smallest absolute Gasteiger partial charge is 0.264 e. The first-order valence-electron chi connectivity index (χ1n) is 17.2. The lowest BCUT2D eigenvalue weighted by atomic mass is 9.75. The number of ether oxygens (including phenoxy) is 1. The second kappa shape index (κ2) is 18.2. The number of Topliss-reactive ketones (excluding diaryl/α,β-unsaturated/α-hetero) is 1. The highest BCUT2D eigenvalue weighted by atomic mass is 35.5. The van der Waals surface area contributed by atoms with Crippen molar-refractivity contribution in [1.82, 2.24) is 10.0 Å². The molecule has 0 aromatic heterocycles. The number of ketones is 1. The van der Waals surface area contributed by atoms with Crippen molar-refractivity contribution < 1.29 is 35.7 Å². The van der Waals surface area contributed by atoms with Gasteiger partial charge in [0.15, 0.2) is 12.4 Å². The van der Waals surface area contributed by atoms with Crippen LogP contribution < -0.4 is 14.8 Å². The Balaban J connectivity index is 1.66. The Morgan fingerprint density at radius 3 is 2.27 bits per heavy atom. The number of hydrogen-bond donors (Lipinski definition) is 3. The first-order chi connectivity index (χ1) is 24.2. The van der Waals surface area contributed by atoms with Crippen molar-refractivity contribution in [3.63, 3.8) is 0 Å². The summed E-state index contributed by atoms with van der Waals surface area (Å²) < 4.78 is 69.2. The van der Waals surface area contributed by atoms with Crippen molar-refractivity contribution in [2.45, 2.75) is 98.9 Å². The molecule has 0 spiro atoms. The van der Waals surface area contributed by atoms with E-state index in [2.05, 4.69) is 23.9 Å². The van der Waals surface area contributed by atoms with Crippen LogP contribution in [0, 0.1) is 0 Å². The van der Waals surface area contributed by atoms with E-state index in [1.807, 2.05) is 42.7 Å². The monoisotopic (exact) mass is 778 g/mol. The van der Waals surface area contributed by atoms with Crippen LogP contribution in [0.15, 0.2) is 76.5 Å². The summed E-state index contributed by atoms with van der Waals surface area (Å²) >= 11 is 7.40. The van der Waals surface area contributed by atoms with E-state index in [-0.39, 0.29) is 29.4 Å². The minimum absolute atomic E-state index is 0.104. The second-order valence-corrected chi connectivity index (χ2v) is 17.5. The molecule has 4 rings (SSSR count). The molecule has 3 aromatic carbocycles. The van der Waals surface area contributed by atoms with Crippen molar-refractivity contribution in [2.75, 3.05) is 18.6 Å². The lowest BCUT2D eigenvalue weighted by Crippen LogP contribution is -2.48. The second-order valence-electron chi connectivity index (χ2n) is 13.0. The molecule has 1 aliphatic heterocycles. The summed E-state index contributed by atoms with van der Waals surface area (Å²) in [6.45, 7) is 3.68. The number of benzene rings is 3. The number of nitrogens with one attached hydrogen (secondary N) is 2. The number of carbonyl (C=O) groups is 2. The number of carbonyl (C=O) groups excluding carboxylic acids is 2. The highest BCUT2D eigenvalue weighted by molar-refractivity contribution is 7.98. The zero-order chi connectivity index (χ0) is 37.2. The summed E-state index contributed by atoms with van der Waals surface area (Å²) in [5.41, 5.74) is 1.47. The largest absolute Gasteiger partial charge is 0.483 e. The average molecular weight is 779 g/mol. The Kier molecular flexibility index (Phi) is 14.6. The highest BCUT2D eigenvalue weighted by Gasteiger charge is 2.43. The number of halogens is 1. The normalized spacial score (nSPS) is 17.2. The van der Waals surface area contributed by atoms with Gasteiger partial charge in [0.2, 0.25) is 10.0 Å². The van der Waals surface area contributed by atoms with Crippen LogP contribution in [0.5, 0.6) is 5.75 Å². The van der Waals surface area contributed by atoms with E-state index >= 15 is 0 Å². The molecule has 1 unspecified atom stereocenters. The molecule has 278 valence electrons. The van der Waals surface area contributed by atoms with E-state index < -0.39 is 55.8 Å². The summed E-state index contributed by atoms with van der Waals surface area (Å²) in [7, 11) is -8.28. The summed E-state index contributed by atoms with van der Waals surface area (Å²) in [4.78, 5) is 27.2. The van der Waals surface area contributed by atoms with Gasteiger partial charge in [-0.2, -0.15) is 8.42 Å². The maximum Gasteiger partial charge on any atom is 0.264 e. The van der Waals surface area contributed by atoms with Gasteiger partial charge in [0.05, 0.1) is 10.6 Å². The average Bonchev–Trinajstić information content (AvgIpc) is 3.19. The highest BCUT2D eigenvalue weighted by Crippen LogP contribution is 2.46. The van der Waals surface area contributed by atoms with Crippen LogP contribution in [0.4, 0.5) is 0 Å². The molecule has 0 saturated carbocycles. The molecular formula is C37H47ClN2O8S3. The number of rotatable bonds is 18. The Hall–Kier alpha value is -2.94. The van der Waals surface area contributed by atoms with Gasteiger partial charge in [-0.05, 0) is 66.8 Å². The zero-order valence-electron chi connectivity index (χ0n) is 29.2. The molecule has 0 saturated heterocycles. The van der Waals surface area contributed by atoms with E-state index in [0.29, 0.717) is 40.3 Å². The quantitative estimate of drug-likeness (QED) is 0.0881. The van der Waals surface area contributed by atoms with E-state index in [1.54, 1.807) is 24.3 Å². The lowest BCUT2D eigenvalue weighted by molar-refractivity contribution is -0.129. The number of thioether (sulfide) groups is 1. The fourth-order valence-electron chi connectivity index (χ4n) is 6.59. The van der Waals surface area contributed by atoms with Gasteiger partial charge in [-0.15, -0.1) is 11.8 Å². The van der Waals surface area contributed by atoms with E-state index in [9.17, 15) is 26.4 Å². The summed E-state index contributed by atoms with van der Waals surface area (Å²) in [6.07, 6.45) is 7.15. The number of fused-ring (bicyclic) bond motifs is 1. The Labute approximate surface area is 311 Å². The van der Waals surface area contributed by atoms with E-state index in [1.165, 1.54) is 17.8 Å². The summed E-state index contributed by atoms with van der Waals surface area (Å²) in [6, 6.07) is 18.4. The van der Waals surface area contributed by atoms with Crippen LogP contribution in [0.25, 0.3) is 0 Å². The van der Waals surface area contributed by atoms with Crippen molar-refractivity contribution in [3.05, 3.63) is 88.4 Å². The van der Waals surface area contributed by atoms with Gasteiger partial charge in [-0.25, -0.2) is 13.1 Å².